The van der Waals surface area contributed by atoms with E-state index in [-0.39, 0.29) is 11.4 Å². The van der Waals surface area contributed by atoms with Gasteiger partial charge in [0, 0.05) is 22.8 Å². The molecule has 5 heteroatoms. The van der Waals surface area contributed by atoms with E-state index < -0.39 is 0 Å². The second-order valence-corrected chi connectivity index (χ2v) is 5.72. The van der Waals surface area contributed by atoms with Crippen molar-refractivity contribution in [1.82, 2.24) is 10.3 Å². The van der Waals surface area contributed by atoms with Crippen LogP contribution < -0.4 is 10.6 Å². The van der Waals surface area contributed by atoms with E-state index in [2.05, 4.69) is 52.3 Å². The minimum atomic E-state index is -0.178. The van der Waals surface area contributed by atoms with E-state index in [0.29, 0.717) is 11.4 Å². The summed E-state index contributed by atoms with van der Waals surface area (Å²) in [7, 11) is 0. The van der Waals surface area contributed by atoms with Gasteiger partial charge < -0.3 is 10.6 Å². The molecule has 2 N–H and O–H groups in total. The van der Waals surface area contributed by atoms with Crippen LogP contribution in [-0.2, 0) is 0 Å². The van der Waals surface area contributed by atoms with Crippen molar-refractivity contribution in [2.45, 2.75) is 46.1 Å². The number of anilines is 1. The van der Waals surface area contributed by atoms with E-state index in [9.17, 15) is 4.79 Å². The van der Waals surface area contributed by atoms with Gasteiger partial charge in [0.1, 0.15) is 5.82 Å². The standard InChI is InChI=1S/C14H22BrN3O/c1-5-14(4,6-2)18-13(19)11-8-10(15)9-17-12(11)16-7-3/h8-9H,5-7H2,1-4H3,(H,16,17)(H,18,19). The topological polar surface area (TPSA) is 54.0 Å². The number of carbonyl (C=O) groups excluding carboxylic acids is 1. The molecule has 0 aliphatic carbocycles. The number of nitrogens with zero attached hydrogens (tertiary/aromatic N) is 1. The summed E-state index contributed by atoms with van der Waals surface area (Å²) in [5.74, 6) is 0.536. The first-order valence-corrected chi connectivity index (χ1v) is 7.47. The quantitative estimate of drug-likeness (QED) is 0.839. The van der Waals surface area contributed by atoms with E-state index in [1.54, 1.807) is 12.3 Å². The van der Waals surface area contributed by atoms with E-state index in [1.165, 1.54) is 0 Å². The second kappa shape index (κ2) is 6.89. The zero-order valence-electron chi connectivity index (χ0n) is 12.0. The van der Waals surface area contributed by atoms with Crippen molar-refractivity contribution in [2.24, 2.45) is 0 Å². The number of amides is 1. The highest BCUT2D eigenvalue weighted by Crippen LogP contribution is 2.20. The molecule has 0 saturated carbocycles. The van der Waals surface area contributed by atoms with Crippen LogP contribution in [0.25, 0.3) is 0 Å². The van der Waals surface area contributed by atoms with E-state index in [1.807, 2.05) is 6.92 Å². The van der Waals surface area contributed by atoms with Gasteiger partial charge in [-0.25, -0.2) is 4.98 Å². The van der Waals surface area contributed by atoms with Gasteiger partial charge in [-0.1, -0.05) is 13.8 Å². The Morgan fingerprint density at radius 3 is 2.53 bits per heavy atom. The van der Waals surface area contributed by atoms with Crippen LogP contribution in [0, 0.1) is 0 Å². The number of nitrogens with one attached hydrogen (secondary N) is 2. The molecule has 19 heavy (non-hydrogen) atoms. The first kappa shape index (κ1) is 16.0. The minimum absolute atomic E-state index is 0.0871. The van der Waals surface area contributed by atoms with Gasteiger partial charge in [0.2, 0.25) is 0 Å². The minimum Gasteiger partial charge on any atom is -0.370 e. The normalized spacial score (nSPS) is 11.2. The average molecular weight is 328 g/mol. The van der Waals surface area contributed by atoms with Gasteiger partial charge in [-0.3, -0.25) is 4.79 Å². The number of carbonyl (C=O) groups is 1. The monoisotopic (exact) mass is 327 g/mol. The summed E-state index contributed by atoms with van der Waals surface area (Å²) in [5, 5.41) is 6.21. The Morgan fingerprint density at radius 2 is 2.00 bits per heavy atom. The largest absolute Gasteiger partial charge is 0.370 e. The van der Waals surface area contributed by atoms with E-state index >= 15 is 0 Å². The zero-order chi connectivity index (χ0) is 14.5. The van der Waals surface area contributed by atoms with Crippen molar-refractivity contribution in [3.63, 3.8) is 0 Å². The highest BCUT2D eigenvalue weighted by molar-refractivity contribution is 9.10. The summed E-state index contributed by atoms with van der Waals surface area (Å²) in [6.45, 7) is 8.92. The second-order valence-electron chi connectivity index (χ2n) is 4.80. The number of pyridine rings is 1. The van der Waals surface area contributed by atoms with Crippen LogP contribution in [0.1, 0.15) is 50.9 Å². The Morgan fingerprint density at radius 1 is 1.37 bits per heavy atom. The maximum absolute atomic E-state index is 12.4. The van der Waals surface area contributed by atoms with Gasteiger partial charge in [-0.2, -0.15) is 0 Å². The van der Waals surface area contributed by atoms with Gasteiger partial charge in [0.05, 0.1) is 5.56 Å². The van der Waals surface area contributed by atoms with Crippen LogP contribution in [0.3, 0.4) is 0 Å². The number of rotatable bonds is 6. The summed E-state index contributed by atoms with van der Waals surface area (Å²) >= 11 is 3.36. The number of hydrogen-bond donors (Lipinski definition) is 2. The first-order valence-electron chi connectivity index (χ1n) is 6.67. The van der Waals surface area contributed by atoms with E-state index in [0.717, 1.165) is 23.9 Å². The summed E-state index contributed by atoms with van der Waals surface area (Å²) in [6, 6.07) is 1.80. The maximum Gasteiger partial charge on any atom is 0.255 e. The van der Waals surface area contributed by atoms with Gasteiger partial charge >= 0.3 is 0 Å². The predicted octanol–water partition coefficient (Wildman–Crippen LogP) is 3.58. The number of halogens is 1. The molecule has 1 heterocycles. The van der Waals surface area contributed by atoms with Crippen molar-refractivity contribution < 1.29 is 4.79 Å². The molecule has 0 aliphatic heterocycles. The molecule has 0 saturated heterocycles. The summed E-state index contributed by atoms with van der Waals surface area (Å²) < 4.78 is 0.800. The van der Waals surface area contributed by atoms with Crippen LogP contribution in [0.15, 0.2) is 16.7 Å². The van der Waals surface area contributed by atoms with Crippen molar-refractivity contribution in [3.8, 4) is 0 Å². The molecular weight excluding hydrogens is 306 g/mol. The molecule has 1 aromatic rings. The van der Waals surface area contributed by atoms with Crippen LogP contribution in [0.2, 0.25) is 0 Å². The SMILES string of the molecule is CCNc1ncc(Br)cc1C(=O)NC(C)(CC)CC. The van der Waals surface area contributed by atoms with Crippen LogP contribution in [0.4, 0.5) is 5.82 Å². The Hall–Kier alpha value is -1.10. The lowest BCUT2D eigenvalue weighted by Crippen LogP contribution is -2.45. The number of aromatic nitrogens is 1. The van der Waals surface area contributed by atoms with Gasteiger partial charge in [0.15, 0.2) is 0 Å². The lowest BCUT2D eigenvalue weighted by atomic mass is 9.95. The van der Waals surface area contributed by atoms with Crippen LogP contribution in [0.5, 0.6) is 0 Å². The van der Waals surface area contributed by atoms with Gasteiger partial charge in [-0.05, 0) is 48.7 Å². The molecular formula is C14H22BrN3O. The van der Waals surface area contributed by atoms with Crippen molar-refractivity contribution in [2.75, 3.05) is 11.9 Å². The third-order valence-corrected chi connectivity index (χ3v) is 3.85. The Kier molecular flexibility index (Phi) is 5.79. The predicted molar refractivity (Wildman–Crippen MR) is 82.6 cm³/mol. The van der Waals surface area contributed by atoms with Gasteiger partial charge in [0.25, 0.3) is 5.91 Å². The fourth-order valence-electron chi connectivity index (χ4n) is 1.69. The van der Waals surface area contributed by atoms with Gasteiger partial charge in [-0.15, -0.1) is 0 Å². The fourth-order valence-corrected chi connectivity index (χ4v) is 2.02. The molecule has 1 rings (SSSR count). The lowest BCUT2D eigenvalue weighted by Gasteiger charge is -2.28. The Balaban J connectivity index is 3.01. The molecule has 4 nitrogen and oxygen atoms in total. The van der Waals surface area contributed by atoms with Crippen molar-refractivity contribution >= 4 is 27.7 Å². The van der Waals surface area contributed by atoms with Crippen LogP contribution in [-0.4, -0.2) is 23.0 Å². The maximum atomic E-state index is 12.4. The third-order valence-electron chi connectivity index (χ3n) is 3.42. The first-order chi connectivity index (χ1) is 8.95. The third kappa shape index (κ3) is 4.20. The average Bonchev–Trinajstić information content (AvgIpc) is 2.40. The molecule has 0 radical (unpaired) electrons. The Labute approximate surface area is 123 Å². The Bertz CT molecular complexity index is 444. The van der Waals surface area contributed by atoms with Crippen molar-refractivity contribution in [3.05, 3.63) is 22.3 Å². The molecule has 0 spiro atoms. The fraction of sp³-hybridized carbons (Fsp3) is 0.571. The highest BCUT2D eigenvalue weighted by Gasteiger charge is 2.24. The van der Waals surface area contributed by atoms with Crippen LogP contribution >= 0.6 is 15.9 Å². The van der Waals surface area contributed by atoms with Crippen molar-refractivity contribution in [1.29, 1.82) is 0 Å². The molecule has 0 aromatic carbocycles. The number of hydrogen-bond acceptors (Lipinski definition) is 3. The zero-order valence-corrected chi connectivity index (χ0v) is 13.6. The summed E-state index contributed by atoms with van der Waals surface area (Å²) in [4.78, 5) is 16.7. The molecule has 0 aliphatic rings. The molecule has 0 atom stereocenters. The molecule has 106 valence electrons. The summed E-state index contributed by atoms with van der Waals surface area (Å²) in [5.41, 5.74) is 0.396. The smallest absolute Gasteiger partial charge is 0.255 e. The molecule has 0 bridgehead atoms. The molecule has 1 aromatic heterocycles. The molecule has 0 fully saturated rings. The lowest BCUT2D eigenvalue weighted by molar-refractivity contribution is 0.0901. The van der Waals surface area contributed by atoms with E-state index in [4.69, 9.17) is 0 Å². The molecule has 0 unspecified atom stereocenters. The summed E-state index contributed by atoms with van der Waals surface area (Å²) in [6.07, 6.45) is 3.48. The molecule has 1 amide bonds. The highest BCUT2D eigenvalue weighted by atomic mass is 79.9.